The van der Waals surface area contributed by atoms with Crippen LogP contribution in [-0.2, 0) is 25.5 Å². The molecule has 0 radical (unpaired) electrons. The van der Waals surface area contributed by atoms with Gasteiger partial charge >= 0.3 is 0 Å². The first-order valence-electron chi connectivity index (χ1n) is 14.5. The van der Waals surface area contributed by atoms with Gasteiger partial charge in [-0.1, -0.05) is 13.8 Å². The highest BCUT2D eigenvalue weighted by Crippen LogP contribution is 2.54. The molecule has 4 aliphatic rings. The standard InChI is InChI=1S/C31H35N3O9/c1-13(2)19-12-43-30(33-19)16-4-5-20(35)22-17(16)10-14-11-18-24(34-8-6-15(42-3)7-9-34)26(37)23(29(32)40)28(39)31(18,41)27(38)21(14)25(22)36/h4-5,12-15,18,24,35-36,39,41H,6-11H2,1-3H3,(H2,32,40)/t14-,18-,24?,31-/m0/s1. The van der Waals surface area contributed by atoms with Crippen LogP contribution >= 0.6 is 0 Å². The number of piperidine rings is 1. The van der Waals surface area contributed by atoms with Gasteiger partial charge in [-0.15, -0.1) is 0 Å². The van der Waals surface area contributed by atoms with Gasteiger partial charge in [-0.25, -0.2) is 4.98 Å². The lowest BCUT2D eigenvalue weighted by molar-refractivity contribution is -0.156. The first-order valence-corrected chi connectivity index (χ1v) is 14.5. The van der Waals surface area contributed by atoms with Gasteiger partial charge in [0.05, 0.1) is 23.4 Å². The van der Waals surface area contributed by atoms with Crippen LogP contribution in [0, 0.1) is 11.8 Å². The second-order valence-electron chi connectivity index (χ2n) is 12.2. The smallest absolute Gasteiger partial charge is 0.255 e. The molecule has 6 N–H and O–H groups in total. The van der Waals surface area contributed by atoms with E-state index in [-0.39, 0.29) is 47.6 Å². The highest BCUT2D eigenvalue weighted by molar-refractivity contribution is 6.24. The first-order chi connectivity index (χ1) is 20.4. The molecule has 4 atom stereocenters. The largest absolute Gasteiger partial charge is 0.508 e. The zero-order valence-corrected chi connectivity index (χ0v) is 24.2. The number of Topliss-reactive ketones (excluding diaryl/α,β-unsaturated/α-hetero) is 2. The topological polar surface area (TPSA) is 197 Å². The summed E-state index contributed by atoms with van der Waals surface area (Å²) in [6.45, 7) is 4.72. The van der Waals surface area contributed by atoms with Crippen molar-refractivity contribution >= 4 is 23.2 Å². The number of primary amides is 1. The van der Waals surface area contributed by atoms with Gasteiger partial charge in [0.2, 0.25) is 11.7 Å². The van der Waals surface area contributed by atoms with Crippen molar-refractivity contribution in [2.24, 2.45) is 17.6 Å². The van der Waals surface area contributed by atoms with Crippen LogP contribution in [-0.4, -0.2) is 85.7 Å². The summed E-state index contributed by atoms with van der Waals surface area (Å²) < 4.78 is 11.2. The lowest BCUT2D eigenvalue weighted by Crippen LogP contribution is -2.67. The van der Waals surface area contributed by atoms with E-state index in [1.54, 1.807) is 24.3 Å². The molecule has 2 aromatic rings. The second-order valence-corrected chi connectivity index (χ2v) is 12.2. The van der Waals surface area contributed by atoms with Crippen LogP contribution in [0.15, 0.2) is 39.7 Å². The zero-order chi connectivity index (χ0) is 31.0. The van der Waals surface area contributed by atoms with Crippen molar-refractivity contribution < 1.29 is 44.0 Å². The number of aliphatic hydroxyl groups excluding tert-OH is 2. The maximum absolute atomic E-state index is 14.2. The number of aromatic nitrogens is 1. The molecular weight excluding hydrogens is 558 g/mol. The van der Waals surface area contributed by atoms with E-state index >= 15 is 0 Å². The summed E-state index contributed by atoms with van der Waals surface area (Å²) in [7, 11) is 1.60. The molecule has 1 aromatic heterocycles. The number of carbonyl (C=O) groups is 3. The Hall–Kier alpha value is -4.00. The maximum Gasteiger partial charge on any atom is 0.255 e. The van der Waals surface area contributed by atoms with Crippen molar-refractivity contribution in [3.63, 3.8) is 0 Å². The average molecular weight is 594 g/mol. The summed E-state index contributed by atoms with van der Waals surface area (Å²) in [6, 6.07) is 1.86. The molecule has 0 bridgehead atoms. The van der Waals surface area contributed by atoms with Crippen LogP contribution in [0.5, 0.6) is 5.75 Å². The number of hydrogen-bond acceptors (Lipinski definition) is 11. The van der Waals surface area contributed by atoms with E-state index < -0.39 is 58.0 Å². The number of hydrogen-bond donors (Lipinski definition) is 5. The minimum absolute atomic E-state index is 0.00730. The van der Waals surface area contributed by atoms with E-state index in [1.165, 1.54) is 6.07 Å². The maximum atomic E-state index is 14.2. The number of rotatable bonds is 5. The average Bonchev–Trinajstić information content (AvgIpc) is 3.46. The quantitative estimate of drug-likeness (QED) is 0.319. The lowest BCUT2D eigenvalue weighted by atomic mass is 9.57. The number of methoxy groups -OCH3 is 1. The van der Waals surface area contributed by atoms with Crippen LogP contribution in [0.2, 0.25) is 0 Å². The molecule has 1 amide bonds. The monoisotopic (exact) mass is 593 g/mol. The molecule has 1 unspecified atom stereocenters. The number of nitrogens with two attached hydrogens (primary N) is 1. The zero-order valence-electron chi connectivity index (χ0n) is 24.2. The third-order valence-electron chi connectivity index (χ3n) is 9.60. The number of nitrogens with zero attached hydrogens (tertiary/aromatic N) is 2. The van der Waals surface area contributed by atoms with E-state index in [0.717, 1.165) is 5.69 Å². The van der Waals surface area contributed by atoms with Crippen LogP contribution in [0.1, 0.15) is 55.8 Å². The summed E-state index contributed by atoms with van der Waals surface area (Å²) in [4.78, 5) is 46.8. The second kappa shape index (κ2) is 10.3. The number of likely N-dealkylation sites (tertiary alicyclic amines) is 1. The highest BCUT2D eigenvalue weighted by atomic mass is 16.5. The van der Waals surface area contributed by atoms with Gasteiger partial charge in [0, 0.05) is 37.3 Å². The molecule has 43 heavy (non-hydrogen) atoms. The molecule has 1 saturated heterocycles. The molecule has 6 rings (SSSR count). The van der Waals surface area contributed by atoms with Gasteiger partial charge in [0.15, 0.2) is 11.4 Å². The van der Waals surface area contributed by atoms with Gasteiger partial charge in [0.25, 0.3) is 5.91 Å². The number of ether oxygens (including phenoxy) is 1. The fourth-order valence-electron chi connectivity index (χ4n) is 7.33. The lowest BCUT2D eigenvalue weighted by Gasteiger charge is -2.52. The molecule has 2 fully saturated rings. The molecule has 1 saturated carbocycles. The van der Waals surface area contributed by atoms with Crippen molar-refractivity contribution in [3.8, 4) is 17.2 Å². The molecule has 1 aliphatic heterocycles. The van der Waals surface area contributed by atoms with Crippen LogP contribution in [0.25, 0.3) is 17.2 Å². The predicted octanol–water partition coefficient (Wildman–Crippen LogP) is 2.29. The molecule has 12 heteroatoms. The molecule has 228 valence electrons. The number of fused-ring (bicyclic) bond motifs is 3. The highest BCUT2D eigenvalue weighted by Gasteiger charge is 2.64. The number of phenols is 1. The van der Waals surface area contributed by atoms with E-state index in [4.69, 9.17) is 14.9 Å². The van der Waals surface area contributed by atoms with Crippen molar-refractivity contribution in [3.05, 3.63) is 52.1 Å². The van der Waals surface area contributed by atoms with Crippen LogP contribution in [0.4, 0.5) is 0 Å². The minimum Gasteiger partial charge on any atom is -0.508 e. The Kier molecular flexibility index (Phi) is 6.98. The number of carbonyl (C=O) groups excluding carboxylic acids is 3. The van der Waals surface area contributed by atoms with E-state index in [0.29, 0.717) is 37.1 Å². The summed E-state index contributed by atoms with van der Waals surface area (Å²) in [6.07, 6.45) is 2.84. The third kappa shape index (κ3) is 4.22. The Bertz CT molecular complexity index is 1600. The fourth-order valence-corrected chi connectivity index (χ4v) is 7.33. The molecule has 2 heterocycles. The van der Waals surface area contributed by atoms with Gasteiger partial charge in [-0.3, -0.25) is 19.3 Å². The number of aliphatic hydroxyl groups is 3. The number of amides is 1. The Morgan fingerprint density at radius 1 is 1.19 bits per heavy atom. The van der Waals surface area contributed by atoms with Crippen LogP contribution < -0.4 is 5.73 Å². The molecule has 3 aliphatic carbocycles. The summed E-state index contributed by atoms with van der Waals surface area (Å²) in [5, 5.41) is 45.5. The normalized spacial score (nSPS) is 28.3. The number of phenolic OH excluding ortho intramolecular Hbond substituents is 1. The van der Waals surface area contributed by atoms with Crippen molar-refractivity contribution in [2.75, 3.05) is 20.2 Å². The number of ketones is 2. The SMILES string of the molecule is COC1CCN(C2C(=O)C(C(N)=O)=C(O)[C@@]3(O)C(=O)C4=C(O)c5c(O)ccc(-c6nc(C(C)C)co6)c5C[C@H]4C[C@@H]23)CC1. The van der Waals surface area contributed by atoms with Crippen molar-refractivity contribution in [1.29, 1.82) is 0 Å². The Labute approximate surface area is 247 Å². The number of benzene rings is 1. The van der Waals surface area contributed by atoms with Crippen molar-refractivity contribution in [2.45, 2.75) is 63.2 Å². The molecule has 12 nitrogen and oxygen atoms in total. The van der Waals surface area contributed by atoms with E-state index in [2.05, 4.69) is 4.98 Å². The van der Waals surface area contributed by atoms with Crippen molar-refractivity contribution in [1.82, 2.24) is 9.88 Å². The summed E-state index contributed by atoms with van der Waals surface area (Å²) in [5.74, 6) is -6.47. The molecule has 1 aromatic carbocycles. The van der Waals surface area contributed by atoms with E-state index in [1.807, 2.05) is 13.8 Å². The molecule has 0 spiro atoms. The number of oxazole rings is 1. The predicted molar refractivity (Wildman–Crippen MR) is 152 cm³/mol. The van der Waals surface area contributed by atoms with Gasteiger partial charge in [0.1, 0.15) is 29.1 Å². The first kappa shape index (κ1) is 29.1. The van der Waals surface area contributed by atoms with E-state index in [9.17, 15) is 34.8 Å². The summed E-state index contributed by atoms with van der Waals surface area (Å²) in [5.41, 5.74) is 3.52. The third-order valence-corrected chi connectivity index (χ3v) is 9.60. The van der Waals surface area contributed by atoms with Gasteiger partial charge < -0.3 is 35.3 Å². The van der Waals surface area contributed by atoms with Gasteiger partial charge in [-0.05, 0) is 55.2 Å². The fraction of sp³-hybridized carbons (Fsp3) is 0.484. The number of aromatic hydroxyl groups is 1. The Balaban J connectivity index is 1.49. The molecular formula is C31H35N3O9. The minimum atomic E-state index is -2.69. The Morgan fingerprint density at radius 2 is 1.88 bits per heavy atom. The van der Waals surface area contributed by atoms with Crippen LogP contribution in [0.3, 0.4) is 0 Å². The Morgan fingerprint density at radius 3 is 2.49 bits per heavy atom. The van der Waals surface area contributed by atoms with Gasteiger partial charge in [-0.2, -0.15) is 0 Å². The summed E-state index contributed by atoms with van der Waals surface area (Å²) >= 11 is 0.